The van der Waals surface area contributed by atoms with Crippen LogP contribution in [0.2, 0.25) is 5.02 Å². The highest BCUT2D eigenvalue weighted by atomic mass is 35.5. The van der Waals surface area contributed by atoms with Crippen molar-refractivity contribution < 1.29 is 19.4 Å². The van der Waals surface area contributed by atoms with E-state index < -0.39 is 29.8 Å². The van der Waals surface area contributed by atoms with Crippen LogP contribution < -0.4 is 10.6 Å². The normalized spacial score (nSPS) is 17.8. The summed E-state index contributed by atoms with van der Waals surface area (Å²) >= 11 is 5.98. The Balaban J connectivity index is 2.11. The van der Waals surface area contributed by atoms with Gasteiger partial charge in [-0.2, -0.15) is 0 Å². The number of hydrogen-bond acceptors (Lipinski definition) is 4. The van der Waals surface area contributed by atoms with Crippen molar-refractivity contribution in [3.05, 3.63) is 34.9 Å². The average molecular weight is 467 g/mol. The van der Waals surface area contributed by atoms with Crippen LogP contribution in [-0.4, -0.2) is 41.9 Å². The van der Waals surface area contributed by atoms with E-state index in [2.05, 4.69) is 10.6 Å². The van der Waals surface area contributed by atoms with Crippen LogP contribution in [0.25, 0.3) is 0 Å². The largest absolute Gasteiger partial charge is 0.444 e. The lowest BCUT2D eigenvalue weighted by molar-refractivity contribution is -0.125. The molecule has 6 nitrogen and oxygen atoms in total. The topological polar surface area (TPSA) is 87.7 Å². The molecule has 7 heteroatoms. The lowest BCUT2D eigenvalue weighted by Gasteiger charge is -2.32. The molecule has 2 rings (SSSR count). The van der Waals surface area contributed by atoms with Crippen LogP contribution >= 0.6 is 11.6 Å². The van der Waals surface area contributed by atoms with Crippen molar-refractivity contribution in [1.82, 2.24) is 10.6 Å². The van der Waals surface area contributed by atoms with Gasteiger partial charge in [-0.25, -0.2) is 4.79 Å². The third-order valence-electron chi connectivity index (χ3n) is 6.02. The highest BCUT2D eigenvalue weighted by Crippen LogP contribution is 2.29. The molecule has 0 radical (unpaired) electrons. The molecule has 0 saturated heterocycles. The fourth-order valence-electron chi connectivity index (χ4n) is 4.40. The van der Waals surface area contributed by atoms with Gasteiger partial charge in [-0.3, -0.25) is 4.79 Å². The first-order valence-electron chi connectivity index (χ1n) is 11.7. The van der Waals surface area contributed by atoms with E-state index in [1.54, 1.807) is 19.2 Å². The minimum absolute atomic E-state index is 0.132. The second kappa shape index (κ2) is 12.4. The van der Waals surface area contributed by atoms with Gasteiger partial charge in [-0.15, -0.1) is 0 Å². The summed E-state index contributed by atoms with van der Waals surface area (Å²) in [6.07, 6.45) is 5.81. The zero-order valence-corrected chi connectivity index (χ0v) is 20.6. The first kappa shape index (κ1) is 26.5. The number of ether oxygens (including phenoxy) is 1. The number of halogens is 1. The number of aliphatic hydroxyl groups is 1. The van der Waals surface area contributed by atoms with Crippen LogP contribution in [0, 0.1) is 11.8 Å². The van der Waals surface area contributed by atoms with Crippen molar-refractivity contribution in [3.63, 3.8) is 0 Å². The van der Waals surface area contributed by atoms with Crippen LogP contribution in [0.4, 0.5) is 4.79 Å². The Kier molecular flexibility index (Phi) is 10.3. The number of rotatable bonds is 9. The second-order valence-corrected chi connectivity index (χ2v) is 10.4. The van der Waals surface area contributed by atoms with Gasteiger partial charge in [0.15, 0.2) is 0 Å². The molecular formula is C25H39ClN2O4. The summed E-state index contributed by atoms with van der Waals surface area (Å²) < 4.78 is 5.44. The Morgan fingerprint density at radius 2 is 1.78 bits per heavy atom. The van der Waals surface area contributed by atoms with Crippen LogP contribution in [0.3, 0.4) is 0 Å². The molecule has 180 valence electrons. The van der Waals surface area contributed by atoms with E-state index in [9.17, 15) is 14.7 Å². The zero-order chi connectivity index (χ0) is 23.7. The molecule has 1 fully saturated rings. The summed E-state index contributed by atoms with van der Waals surface area (Å²) in [4.78, 5) is 25.1. The molecule has 0 spiro atoms. The van der Waals surface area contributed by atoms with Gasteiger partial charge < -0.3 is 20.5 Å². The fourth-order valence-corrected chi connectivity index (χ4v) is 4.53. The minimum atomic E-state index is -0.862. The van der Waals surface area contributed by atoms with Gasteiger partial charge in [-0.1, -0.05) is 55.8 Å². The third kappa shape index (κ3) is 9.37. The third-order valence-corrected chi connectivity index (χ3v) is 6.27. The number of hydrogen-bond donors (Lipinski definition) is 3. The average Bonchev–Trinajstić information content (AvgIpc) is 2.73. The van der Waals surface area contributed by atoms with Crippen LogP contribution in [0.1, 0.15) is 71.3 Å². The quantitative estimate of drug-likeness (QED) is 0.485. The summed E-state index contributed by atoms with van der Waals surface area (Å²) in [5.41, 5.74) is 0.350. The molecule has 3 N–H and O–H groups in total. The molecule has 0 aromatic heterocycles. The van der Waals surface area contributed by atoms with E-state index >= 15 is 0 Å². The Labute approximate surface area is 197 Å². The van der Waals surface area contributed by atoms with Crippen LogP contribution in [0.5, 0.6) is 0 Å². The number of alkyl carbamates (subject to hydrolysis) is 1. The minimum Gasteiger partial charge on any atom is -0.444 e. The molecule has 0 aliphatic heterocycles. The van der Waals surface area contributed by atoms with Crippen molar-refractivity contribution >= 4 is 23.6 Å². The Bertz CT molecular complexity index is 726. The van der Waals surface area contributed by atoms with Gasteiger partial charge in [0.25, 0.3) is 0 Å². The highest BCUT2D eigenvalue weighted by Gasteiger charge is 2.31. The van der Waals surface area contributed by atoms with E-state index in [0.717, 1.165) is 18.4 Å². The standard InChI is InChI=1S/C25H39ClN2O4/c1-25(2,3)32-24(31)28-21(15-17-8-6-5-7-9-17)22(29)16-19(23(30)27-4)14-18-10-12-20(26)13-11-18/h10-13,17,19,21-22,29H,5-9,14-16H2,1-4H3,(H,27,30)(H,28,31)/t19-,21+,22+/m1/s1. The molecule has 1 aromatic carbocycles. The SMILES string of the molecule is CNC(=O)[C@H](Cc1ccc(Cl)cc1)C[C@H](O)[C@H](CC1CCCCC1)NC(=O)OC(C)(C)C. The Morgan fingerprint density at radius 1 is 1.16 bits per heavy atom. The summed E-state index contributed by atoms with van der Waals surface area (Å²) in [5, 5.41) is 17.4. The number of aliphatic hydroxyl groups excluding tert-OH is 1. The van der Waals surface area contributed by atoms with Crippen molar-refractivity contribution in [1.29, 1.82) is 0 Å². The maximum absolute atomic E-state index is 12.6. The van der Waals surface area contributed by atoms with E-state index in [1.165, 1.54) is 19.3 Å². The molecule has 1 aliphatic carbocycles. The summed E-state index contributed by atoms with van der Waals surface area (Å²) in [6.45, 7) is 5.44. The lowest BCUT2D eigenvalue weighted by Crippen LogP contribution is -2.48. The number of amides is 2. The van der Waals surface area contributed by atoms with E-state index in [1.807, 2.05) is 32.9 Å². The van der Waals surface area contributed by atoms with Crippen LogP contribution in [-0.2, 0) is 16.0 Å². The van der Waals surface area contributed by atoms with E-state index in [0.29, 0.717) is 23.8 Å². The van der Waals surface area contributed by atoms with Gasteiger partial charge in [0.05, 0.1) is 12.1 Å². The predicted octanol–water partition coefficient (Wildman–Crippen LogP) is 4.86. The highest BCUT2D eigenvalue weighted by molar-refractivity contribution is 6.30. The molecule has 0 bridgehead atoms. The number of benzene rings is 1. The maximum Gasteiger partial charge on any atom is 0.407 e. The summed E-state index contributed by atoms with van der Waals surface area (Å²) in [7, 11) is 1.60. The van der Waals surface area contributed by atoms with Crippen molar-refractivity contribution in [2.24, 2.45) is 11.8 Å². The molecular weight excluding hydrogens is 428 g/mol. The van der Waals surface area contributed by atoms with Gasteiger partial charge >= 0.3 is 6.09 Å². The Hall–Kier alpha value is -1.79. The van der Waals surface area contributed by atoms with Crippen molar-refractivity contribution in [2.45, 2.75) is 89.9 Å². The zero-order valence-electron chi connectivity index (χ0n) is 19.8. The lowest BCUT2D eigenvalue weighted by atomic mass is 9.82. The van der Waals surface area contributed by atoms with Gasteiger partial charge in [-0.05, 0) is 63.6 Å². The van der Waals surface area contributed by atoms with E-state index in [4.69, 9.17) is 16.3 Å². The maximum atomic E-state index is 12.6. The van der Waals surface area contributed by atoms with Crippen molar-refractivity contribution in [3.8, 4) is 0 Å². The number of nitrogens with one attached hydrogen (secondary N) is 2. The molecule has 32 heavy (non-hydrogen) atoms. The van der Waals surface area contributed by atoms with Gasteiger partial charge in [0.1, 0.15) is 5.60 Å². The fraction of sp³-hybridized carbons (Fsp3) is 0.680. The van der Waals surface area contributed by atoms with Crippen LogP contribution in [0.15, 0.2) is 24.3 Å². The smallest absolute Gasteiger partial charge is 0.407 e. The molecule has 1 aromatic rings. The summed E-state index contributed by atoms with van der Waals surface area (Å²) in [6, 6.07) is 6.91. The second-order valence-electron chi connectivity index (χ2n) is 9.94. The first-order valence-corrected chi connectivity index (χ1v) is 12.1. The van der Waals surface area contributed by atoms with Gasteiger partial charge in [0, 0.05) is 18.0 Å². The molecule has 1 saturated carbocycles. The van der Waals surface area contributed by atoms with Crippen molar-refractivity contribution in [2.75, 3.05) is 7.05 Å². The molecule has 1 aliphatic rings. The predicted molar refractivity (Wildman–Crippen MR) is 128 cm³/mol. The Morgan fingerprint density at radius 3 is 2.34 bits per heavy atom. The number of carbonyl (C=O) groups excluding carboxylic acids is 2. The molecule has 3 atom stereocenters. The monoisotopic (exact) mass is 466 g/mol. The number of carbonyl (C=O) groups is 2. The summed E-state index contributed by atoms with van der Waals surface area (Å²) in [5.74, 6) is -0.105. The molecule has 0 unspecified atom stereocenters. The molecule has 0 heterocycles. The van der Waals surface area contributed by atoms with E-state index in [-0.39, 0.29) is 12.3 Å². The van der Waals surface area contributed by atoms with Gasteiger partial charge in [0.2, 0.25) is 5.91 Å². The first-order chi connectivity index (χ1) is 15.1. The molecule has 2 amide bonds.